The van der Waals surface area contributed by atoms with Crippen LogP contribution in [-0.4, -0.2) is 54.5 Å². The number of hydrogen-bond donors (Lipinski definition) is 0. The first kappa shape index (κ1) is 30.8. The number of esters is 1. The number of Topliss-reactive ketones (excluding diaryl/α,β-unsaturated/α-hetero) is 1. The highest BCUT2D eigenvalue weighted by Crippen LogP contribution is 2.24. The largest absolute Gasteiger partial charge is 0.464 e. The van der Waals surface area contributed by atoms with Crippen LogP contribution in [0.15, 0.2) is 0 Å². The lowest BCUT2D eigenvalue weighted by Crippen LogP contribution is -2.54. The normalized spacial score (nSPS) is 22.7. The maximum absolute atomic E-state index is 12.6. The molecule has 0 aromatic rings. The first-order chi connectivity index (χ1) is 14.5. The Labute approximate surface area is 185 Å². The summed E-state index contributed by atoms with van der Waals surface area (Å²) in [5.74, 6) is -1.48. The van der Waals surface area contributed by atoms with Gasteiger partial charge < -0.3 is 14.4 Å². The van der Waals surface area contributed by atoms with Gasteiger partial charge in [0, 0.05) is 13.2 Å². The molecular formula is C24H47NO5. The second kappa shape index (κ2) is 19.5. The number of carbonyl (C=O) groups excluding carboxylic acids is 3. The van der Waals surface area contributed by atoms with E-state index < -0.39 is 29.8 Å². The van der Waals surface area contributed by atoms with Crippen molar-refractivity contribution in [3.63, 3.8) is 0 Å². The SMILES string of the molecule is CC.CC.CCC.CCCOC(=O)C1CCCCN1C(=O)C(=O)C1OCCCC1C. The van der Waals surface area contributed by atoms with Gasteiger partial charge in [0.2, 0.25) is 5.78 Å². The molecule has 30 heavy (non-hydrogen) atoms. The average Bonchev–Trinajstić information content (AvgIpc) is 2.80. The molecule has 0 spiro atoms. The highest BCUT2D eigenvalue weighted by Gasteiger charge is 2.40. The van der Waals surface area contributed by atoms with E-state index >= 15 is 0 Å². The molecule has 6 nitrogen and oxygen atoms in total. The molecule has 1 amide bonds. The predicted octanol–water partition coefficient (Wildman–Crippen LogP) is 5.17. The van der Waals surface area contributed by atoms with Crippen LogP contribution in [-0.2, 0) is 23.9 Å². The van der Waals surface area contributed by atoms with E-state index in [0.717, 1.165) is 32.1 Å². The van der Waals surface area contributed by atoms with E-state index in [-0.39, 0.29) is 5.92 Å². The van der Waals surface area contributed by atoms with Crippen molar-refractivity contribution in [3.05, 3.63) is 0 Å². The summed E-state index contributed by atoms with van der Waals surface area (Å²) in [5, 5.41) is 0. The van der Waals surface area contributed by atoms with Crippen LogP contribution in [0.2, 0.25) is 0 Å². The molecule has 178 valence electrons. The number of carbonyl (C=O) groups is 3. The van der Waals surface area contributed by atoms with Crippen LogP contribution < -0.4 is 0 Å². The van der Waals surface area contributed by atoms with E-state index in [1.54, 1.807) is 0 Å². The lowest BCUT2D eigenvalue weighted by Gasteiger charge is -2.35. The van der Waals surface area contributed by atoms with Crippen LogP contribution in [0.5, 0.6) is 0 Å². The van der Waals surface area contributed by atoms with Crippen LogP contribution in [0.25, 0.3) is 0 Å². The molecule has 2 saturated heterocycles. The van der Waals surface area contributed by atoms with E-state index in [2.05, 4.69) is 13.8 Å². The molecule has 0 bridgehead atoms. The fourth-order valence-corrected chi connectivity index (χ4v) is 3.25. The summed E-state index contributed by atoms with van der Waals surface area (Å²) < 4.78 is 10.7. The summed E-state index contributed by atoms with van der Waals surface area (Å²) in [6, 6.07) is -0.634. The quantitative estimate of drug-likeness (QED) is 0.445. The van der Waals surface area contributed by atoms with Crippen molar-refractivity contribution in [2.75, 3.05) is 19.8 Å². The highest BCUT2D eigenvalue weighted by molar-refractivity contribution is 6.38. The van der Waals surface area contributed by atoms with E-state index in [1.807, 2.05) is 41.5 Å². The second-order valence-electron chi connectivity index (χ2n) is 7.16. The summed E-state index contributed by atoms with van der Waals surface area (Å²) in [6.45, 7) is 17.4. The molecule has 0 radical (unpaired) electrons. The van der Waals surface area contributed by atoms with Gasteiger partial charge in [0.05, 0.1) is 6.61 Å². The first-order valence-electron chi connectivity index (χ1n) is 12.1. The zero-order chi connectivity index (χ0) is 23.5. The summed E-state index contributed by atoms with van der Waals surface area (Å²) in [7, 11) is 0. The Kier molecular flexibility index (Phi) is 20.0. The topological polar surface area (TPSA) is 72.9 Å². The Morgan fingerprint density at radius 2 is 1.57 bits per heavy atom. The molecule has 0 aromatic carbocycles. The summed E-state index contributed by atoms with van der Waals surface area (Å²) >= 11 is 0. The number of piperidine rings is 1. The van der Waals surface area contributed by atoms with Crippen LogP contribution in [0, 0.1) is 5.92 Å². The standard InChI is InChI=1S/C17H27NO5.C3H8.2C2H6/c1-3-10-23-17(21)13-8-4-5-9-18(13)16(20)14(19)15-12(2)7-6-11-22-15;1-3-2;2*1-2/h12-13,15H,3-11H2,1-2H3;3H2,1-2H3;2*1-2H3. The Morgan fingerprint density at radius 1 is 0.967 bits per heavy atom. The lowest BCUT2D eigenvalue weighted by atomic mass is 9.92. The number of hydrogen-bond acceptors (Lipinski definition) is 5. The van der Waals surface area contributed by atoms with Gasteiger partial charge in [-0.1, -0.05) is 61.8 Å². The van der Waals surface area contributed by atoms with Gasteiger partial charge in [0.15, 0.2) is 0 Å². The third-order valence-corrected chi connectivity index (χ3v) is 4.57. The zero-order valence-electron chi connectivity index (χ0n) is 20.8. The van der Waals surface area contributed by atoms with Crippen molar-refractivity contribution >= 4 is 17.7 Å². The minimum Gasteiger partial charge on any atom is -0.464 e. The van der Waals surface area contributed by atoms with Crippen molar-refractivity contribution in [1.82, 2.24) is 4.90 Å². The predicted molar refractivity (Wildman–Crippen MR) is 122 cm³/mol. The third-order valence-electron chi connectivity index (χ3n) is 4.57. The smallest absolute Gasteiger partial charge is 0.328 e. The van der Waals surface area contributed by atoms with Crippen LogP contribution in [0.4, 0.5) is 0 Å². The zero-order valence-corrected chi connectivity index (χ0v) is 20.8. The van der Waals surface area contributed by atoms with Crippen LogP contribution in [0.1, 0.15) is 100 Å². The number of rotatable bonds is 5. The molecule has 2 rings (SSSR count). The van der Waals surface area contributed by atoms with Gasteiger partial charge in [-0.15, -0.1) is 0 Å². The molecule has 0 aromatic heterocycles. The van der Waals surface area contributed by atoms with Gasteiger partial charge in [-0.2, -0.15) is 0 Å². The van der Waals surface area contributed by atoms with E-state index in [0.29, 0.717) is 26.2 Å². The molecule has 3 unspecified atom stereocenters. The van der Waals surface area contributed by atoms with Gasteiger partial charge in [0.1, 0.15) is 12.1 Å². The van der Waals surface area contributed by atoms with Crippen LogP contribution in [0.3, 0.4) is 0 Å². The van der Waals surface area contributed by atoms with Crippen molar-refractivity contribution in [2.24, 2.45) is 5.92 Å². The number of nitrogens with zero attached hydrogens (tertiary/aromatic N) is 1. The van der Waals surface area contributed by atoms with E-state index in [1.165, 1.54) is 11.3 Å². The van der Waals surface area contributed by atoms with Gasteiger partial charge >= 0.3 is 5.97 Å². The highest BCUT2D eigenvalue weighted by atomic mass is 16.5. The van der Waals surface area contributed by atoms with Crippen molar-refractivity contribution < 1.29 is 23.9 Å². The molecule has 2 fully saturated rings. The molecule has 3 atom stereocenters. The molecule has 6 heteroatoms. The minimum absolute atomic E-state index is 0.0375. The maximum Gasteiger partial charge on any atom is 0.328 e. The van der Waals surface area contributed by atoms with Crippen LogP contribution >= 0.6 is 0 Å². The molecule has 0 saturated carbocycles. The Balaban J connectivity index is 0. The number of ketones is 1. The number of amides is 1. The summed E-state index contributed by atoms with van der Waals surface area (Å²) in [4.78, 5) is 38.7. The lowest BCUT2D eigenvalue weighted by molar-refractivity contribution is -0.163. The van der Waals surface area contributed by atoms with Crippen molar-refractivity contribution in [2.45, 2.75) is 112 Å². The van der Waals surface area contributed by atoms with Gasteiger partial charge in [-0.25, -0.2) is 4.79 Å². The fourth-order valence-electron chi connectivity index (χ4n) is 3.25. The Morgan fingerprint density at radius 3 is 2.10 bits per heavy atom. The molecule has 0 N–H and O–H groups in total. The molecule has 2 aliphatic rings. The van der Waals surface area contributed by atoms with Gasteiger partial charge in [0.25, 0.3) is 5.91 Å². The third kappa shape index (κ3) is 10.6. The van der Waals surface area contributed by atoms with Gasteiger partial charge in [-0.05, 0) is 44.4 Å². The molecule has 2 heterocycles. The molecule has 2 aliphatic heterocycles. The first-order valence-corrected chi connectivity index (χ1v) is 12.1. The second-order valence-corrected chi connectivity index (χ2v) is 7.16. The average molecular weight is 430 g/mol. The molecular weight excluding hydrogens is 382 g/mol. The Bertz CT molecular complexity index is 467. The van der Waals surface area contributed by atoms with Crippen molar-refractivity contribution in [1.29, 1.82) is 0 Å². The summed E-state index contributed by atoms with van der Waals surface area (Å²) in [6.07, 6.45) is 5.32. The van der Waals surface area contributed by atoms with Crippen molar-refractivity contribution in [3.8, 4) is 0 Å². The number of likely N-dealkylation sites (tertiary alicyclic amines) is 1. The fraction of sp³-hybridized carbons (Fsp3) is 0.875. The minimum atomic E-state index is -0.675. The number of ether oxygens (including phenoxy) is 2. The molecule has 0 aliphatic carbocycles. The van der Waals surface area contributed by atoms with E-state index in [4.69, 9.17) is 9.47 Å². The maximum atomic E-state index is 12.6. The van der Waals surface area contributed by atoms with E-state index in [9.17, 15) is 14.4 Å². The Hall–Kier alpha value is -1.43. The van der Waals surface area contributed by atoms with Gasteiger partial charge in [-0.3, -0.25) is 9.59 Å². The monoisotopic (exact) mass is 429 g/mol. The summed E-state index contributed by atoms with van der Waals surface area (Å²) in [5.41, 5.74) is 0.